The minimum atomic E-state index is -0.674. The van der Waals surface area contributed by atoms with Gasteiger partial charge in [0.05, 0.1) is 39.9 Å². The van der Waals surface area contributed by atoms with Crippen LogP contribution in [0.1, 0.15) is 29.9 Å². The lowest BCUT2D eigenvalue weighted by Crippen LogP contribution is -2.14. The molecule has 4 aromatic rings. The van der Waals surface area contributed by atoms with Crippen LogP contribution in [0.3, 0.4) is 0 Å². The first-order chi connectivity index (χ1) is 15.6. The Bertz CT molecular complexity index is 1270. The maximum atomic E-state index is 14.9. The third-order valence-electron chi connectivity index (χ3n) is 5.88. The molecule has 0 unspecified atom stereocenters. The number of ether oxygens (including phenoxy) is 1. The van der Waals surface area contributed by atoms with Gasteiger partial charge in [0.25, 0.3) is 0 Å². The Morgan fingerprint density at radius 3 is 2.69 bits per heavy atom. The van der Waals surface area contributed by atoms with Crippen LogP contribution in [0, 0.1) is 18.6 Å². The smallest absolute Gasteiger partial charge is 0.137 e. The van der Waals surface area contributed by atoms with Crippen molar-refractivity contribution in [2.24, 2.45) is 0 Å². The van der Waals surface area contributed by atoms with E-state index >= 15 is 0 Å². The predicted molar refractivity (Wildman–Crippen MR) is 120 cm³/mol. The Morgan fingerprint density at radius 2 is 1.91 bits per heavy atom. The van der Waals surface area contributed by atoms with Gasteiger partial charge in [0, 0.05) is 43.3 Å². The highest BCUT2D eigenvalue weighted by atomic mass is 19.1. The van der Waals surface area contributed by atoms with Gasteiger partial charge in [0.2, 0.25) is 0 Å². The maximum Gasteiger partial charge on any atom is 0.137 e. The molecule has 5 rings (SSSR count). The molecule has 3 aromatic heterocycles. The molecule has 0 bridgehead atoms. The second-order valence-corrected chi connectivity index (χ2v) is 7.98. The molecule has 7 heteroatoms. The topological polar surface area (TPSA) is 59.9 Å². The Balaban J connectivity index is 1.64. The van der Waals surface area contributed by atoms with Crippen molar-refractivity contribution in [3.05, 3.63) is 77.8 Å². The number of pyridine rings is 3. The molecule has 5 nitrogen and oxygen atoms in total. The van der Waals surface area contributed by atoms with Crippen LogP contribution in [0.15, 0.2) is 55.0 Å². The zero-order valence-corrected chi connectivity index (χ0v) is 17.6. The van der Waals surface area contributed by atoms with Crippen molar-refractivity contribution in [1.29, 1.82) is 0 Å². The van der Waals surface area contributed by atoms with Crippen LogP contribution in [0.2, 0.25) is 0 Å². The van der Waals surface area contributed by atoms with Gasteiger partial charge < -0.3 is 10.1 Å². The van der Waals surface area contributed by atoms with Crippen molar-refractivity contribution in [3.63, 3.8) is 0 Å². The van der Waals surface area contributed by atoms with Crippen LogP contribution >= 0.6 is 0 Å². The predicted octanol–water partition coefficient (Wildman–Crippen LogP) is 5.92. The second kappa shape index (κ2) is 8.59. The summed E-state index contributed by atoms with van der Waals surface area (Å²) in [5, 5.41) is 3.58. The monoisotopic (exact) mass is 432 g/mol. The van der Waals surface area contributed by atoms with Crippen LogP contribution < -0.4 is 5.32 Å². The van der Waals surface area contributed by atoms with Crippen molar-refractivity contribution >= 4 is 22.3 Å². The summed E-state index contributed by atoms with van der Waals surface area (Å²) in [5.74, 6) is -0.963. The number of hydrogen-bond acceptors (Lipinski definition) is 5. The van der Waals surface area contributed by atoms with E-state index in [1.807, 2.05) is 37.4 Å². The van der Waals surface area contributed by atoms with Crippen molar-refractivity contribution < 1.29 is 13.5 Å². The summed E-state index contributed by atoms with van der Waals surface area (Å²) in [6.45, 7) is 3.33. The van der Waals surface area contributed by atoms with Crippen LogP contribution in [0.4, 0.5) is 20.2 Å². The fourth-order valence-electron chi connectivity index (χ4n) is 4.24. The van der Waals surface area contributed by atoms with E-state index in [9.17, 15) is 8.78 Å². The Morgan fingerprint density at radius 1 is 1.06 bits per heavy atom. The summed E-state index contributed by atoms with van der Waals surface area (Å²) in [6, 6.07) is 9.66. The first kappa shape index (κ1) is 20.5. The average molecular weight is 432 g/mol. The summed E-state index contributed by atoms with van der Waals surface area (Å²) in [6.07, 6.45) is 7.13. The number of aromatic nitrogens is 3. The fourth-order valence-corrected chi connectivity index (χ4v) is 4.24. The molecular formula is C25H22F2N4O. The largest absolute Gasteiger partial charge is 0.381 e. The molecule has 0 spiro atoms. The van der Waals surface area contributed by atoms with E-state index in [0.717, 1.165) is 48.9 Å². The van der Waals surface area contributed by atoms with Crippen LogP contribution in [0.25, 0.3) is 22.3 Å². The molecule has 1 fully saturated rings. The van der Waals surface area contributed by atoms with Crippen molar-refractivity contribution in [2.75, 3.05) is 18.5 Å². The van der Waals surface area contributed by atoms with E-state index in [4.69, 9.17) is 4.74 Å². The lowest BCUT2D eigenvalue weighted by molar-refractivity contribution is 0.0853. The quantitative estimate of drug-likeness (QED) is 0.434. The third kappa shape index (κ3) is 3.91. The molecule has 0 aliphatic carbocycles. The Kier molecular flexibility index (Phi) is 5.49. The van der Waals surface area contributed by atoms with Gasteiger partial charge in [0.15, 0.2) is 0 Å². The Labute approximate surface area is 184 Å². The van der Waals surface area contributed by atoms with Gasteiger partial charge in [-0.2, -0.15) is 0 Å². The molecule has 4 heterocycles. The number of nitrogens with zero attached hydrogens (tertiary/aromatic N) is 3. The van der Waals surface area contributed by atoms with E-state index < -0.39 is 11.6 Å². The highest BCUT2D eigenvalue weighted by Crippen LogP contribution is 2.37. The molecule has 0 atom stereocenters. The molecule has 32 heavy (non-hydrogen) atoms. The highest BCUT2D eigenvalue weighted by molar-refractivity contribution is 5.98. The van der Waals surface area contributed by atoms with Gasteiger partial charge in [-0.1, -0.05) is 6.07 Å². The minimum absolute atomic E-state index is 0.227. The van der Waals surface area contributed by atoms with Crippen molar-refractivity contribution in [2.45, 2.75) is 25.7 Å². The van der Waals surface area contributed by atoms with Gasteiger partial charge in [-0.3, -0.25) is 9.97 Å². The van der Waals surface area contributed by atoms with Crippen LogP contribution in [-0.2, 0) is 4.74 Å². The standard InChI is InChI=1S/C25H22F2N4O/c1-15-24(21-4-2-3-7-29-21)31-22-12-18(26)11-20(27)23(22)25(15)30-19-10-17(13-28-14-19)16-5-8-32-9-6-16/h2-4,7,10-14,16H,5-6,8-9H2,1H3,(H,30,31). The number of fused-ring (bicyclic) bond motifs is 1. The Hall–Kier alpha value is -3.45. The van der Waals surface area contributed by atoms with Crippen LogP contribution in [-0.4, -0.2) is 28.2 Å². The molecule has 0 saturated carbocycles. The van der Waals surface area contributed by atoms with Gasteiger partial charge in [-0.05, 0) is 49.4 Å². The van der Waals surface area contributed by atoms with E-state index in [1.54, 1.807) is 12.4 Å². The lowest BCUT2D eigenvalue weighted by Gasteiger charge is -2.23. The number of hydrogen-bond donors (Lipinski definition) is 1. The number of benzene rings is 1. The summed E-state index contributed by atoms with van der Waals surface area (Å²) in [4.78, 5) is 13.3. The molecular weight excluding hydrogens is 410 g/mol. The van der Waals surface area contributed by atoms with Gasteiger partial charge in [-0.25, -0.2) is 13.8 Å². The van der Waals surface area contributed by atoms with E-state index in [1.165, 1.54) is 6.07 Å². The molecule has 0 radical (unpaired) electrons. The van der Waals surface area contributed by atoms with Gasteiger partial charge in [-0.15, -0.1) is 0 Å². The first-order valence-electron chi connectivity index (χ1n) is 10.6. The molecule has 162 valence electrons. The van der Waals surface area contributed by atoms with Gasteiger partial charge >= 0.3 is 0 Å². The first-order valence-corrected chi connectivity index (χ1v) is 10.6. The lowest BCUT2D eigenvalue weighted by atomic mass is 9.93. The summed E-state index contributed by atoms with van der Waals surface area (Å²) >= 11 is 0. The zero-order chi connectivity index (χ0) is 22.1. The molecule has 1 N–H and O–H groups in total. The summed E-state index contributed by atoms with van der Waals surface area (Å²) < 4.78 is 34.4. The van der Waals surface area contributed by atoms with E-state index in [0.29, 0.717) is 23.0 Å². The number of anilines is 2. The highest BCUT2D eigenvalue weighted by Gasteiger charge is 2.20. The molecule has 0 amide bonds. The summed E-state index contributed by atoms with van der Waals surface area (Å²) in [7, 11) is 0. The molecule has 1 aliphatic heterocycles. The molecule has 1 aromatic carbocycles. The second-order valence-electron chi connectivity index (χ2n) is 7.98. The number of nitrogens with one attached hydrogen (secondary N) is 1. The van der Waals surface area contributed by atoms with Crippen LogP contribution in [0.5, 0.6) is 0 Å². The van der Waals surface area contributed by atoms with Crippen molar-refractivity contribution in [3.8, 4) is 11.4 Å². The van der Waals surface area contributed by atoms with E-state index in [-0.39, 0.29) is 10.9 Å². The SMILES string of the molecule is Cc1c(-c2ccccn2)nc2cc(F)cc(F)c2c1Nc1cncc(C2CCOCC2)c1. The number of rotatable bonds is 4. The van der Waals surface area contributed by atoms with Gasteiger partial charge in [0.1, 0.15) is 11.6 Å². The third-order valence-corrected chi connectivity index (χ3v) is 5.88. The molecule has 1 aliphatic rings. The minimum Gasteiger partial charge on any atom is -0.381 e. The average Bonchev–Trinajstić information content (AvgIpc) is 2.82. The fraction of sp³-hybridized carbons (Fsp3) is 0.240. The zero-order valence-electron chi connectivity index (χ0n) is 17.6. The maximum absolute atomic E-state index is 14.9. The summed E-state index contributed by atoms with van der Waals surface area (Å²) in [5.41, 5.74) is 4.53. The normalized spacial score (nSPS) is 14.6. The number of halogens is 2. The van der Waals surface area contributed by atoms with Crippen molar-refractivity contribution in [1.82, 2.24) is 15.0 Å². The molecule has 1 saturated heterocycles. The van der Waals surface area contributed by atoms with E-state index in [2.05, 4.69) is 20.3 Å².